The largest absolute Gasteiger partial charge is 0.370 e. The molecule has 0 radical (unpaired) electrons. The average Bonchev–Trinajstić information content (AvgIpc) is 3.41. The molecule has 2 aliphatic rings. The number of carbonyl (C=O) groups excluding carboxylic acids is 2. The number of aryl methyl sites for hydroxylation is 1. The van der Waals surface area contributed by atoms with Crippen LogP contribution in [0.2, 0.25) is 0 Å². The Morgan fingerprint density at radius 2 is 2.03 bits per heavy atom. The minimum Gasteiger partial charge on any atom is -0.370 e. The van der Waals surface area contributed by atoms with Gasteiger partial charge >= 0.3 is 0 Å². The first-order valence-corrected chi connectivity index (χ1v) is 10.7. The van der Waals surface area contributed by atoms with E-state index in [0.717, 1.165) is 41.9 Å². The zero-order chi connectivity index (χ0) is 21.8. The normalized spacial score (nSPS) is 18.7. The highest BCUT2D eigenvalue weighted by atomic mass is 16.5. The van der Waals surface area contributed by atoms with E-state index in [2.05, 4.69) is 9.97 Å². The van der Waals surface area contributed by atoms with Gasteiger partial charge in [0.15, 0.2) is 0 Å². The van der Waals surface area contributed by atoms with Crippen molar-refractivity contribution in [3.8, 4) is 11.1 Å². The van der Waals surface area contributed by atoms with E-state index in [4.69, 9.17) is 15.5 Å². The lowest BCUT2D eigenvalue weighted by Crippen LogP contribution is -2.34. The Kier molecular flexibility index (Phi) is 6.41. The van der Waals surface area contributed by atoms with E-state index < -0.39 is 0 Å². The number of aromatic nitrogens is 3. The lowest BCUT2D eigenvalue weighted by Gasteiger charge is -2.18. The summed E-state index contributed by atoms with van der Waals surface area (Å²) in [6, 6.07) is 4.04. The van der Waals surface area contributed by atoms with Gasteiger partial charge in [0, 0.05) is 67.9 Å². The number of hydrogen-bond acceptors (Lipinski definition) is 7. The van der Waals surface area contributed by atoms with Gasteiger partial charge in [0.05, 0.1) is 6.61 Å². The standard InChI is InChI=1S/C22H28N6O3/c1-15-9-17(18-11-24-22(23)25-12-18)10-19(26-15)16-4-6-28(13-16)21(30)14-31-8-7-27-5-2-3-20(27)29/h9-12,16H,2-8,13-14H2,1H3,(H2,23,24,25). The van der Waals surface area contributed by atoms with E-state index in [9.17, 15) is 9.59 Å². The van der Waals surface area contributed by atoms with Gasteiger partial charge < -0.3 is 20.3 Å². The van der Waals surface area contributed by atoms with Crippen molar-refractivity contribution in [3.05, 3.63) is 35.9 Å². The van der Waals surface area contributed by atoms with Gasteiger partial charge in [-0.1, -0.05) is 0 Å². The molecule has 0 spiro atoms. The highest BCUT2D eigenvalue weighted by Crippen LogP contribution is 2.29. The fourth-order valence-electron chi connectivity index (χ4n) is 4.15. The second-order valence-electron chi connectivity index (χ2n) is 8.11. The van der Waals surface area contributed by atoms with Crippen LogP contribution in [0.3, 0.4) is 0 Å². The number of ether oxygens (including phenoxy) is 1. The minimum absolute atomic E-state index is 0.0185. The summed E-state index contributed by atoms with van der Waals surface area (Å²) in [6.45, 7) is 5.05. The van der Waals surface area contributed by atoms with Gasteiger partial charge in [-0.3, -0.25) is 14.6 Å². The van der Waals surface area contributed by atoms with Crippen LogP contribution in [0.1, 0.15) is 36.6 Å². The number of hydrogen-bond donors (Lipinski definition) is 1. The van der Waals surface area contributed by atoms with Crippen LogP contribution in [-0.2, 0) is 14.3 Å². The van der Waals surface area contributed by atoms with E-state index in [1.54, 1.807) is 17.3 Å². The molecule has 2 aromatic heterocycles. The van der Waals surface area contributed by atoms with Gasteiger partial charge in [0.2, 0.25) is 17.8 Å². The van der Waals surface area contributed by atoms with Gasteiger partial charge in [0.25, 0.3) is 0 Å². The molecule has 1 unspecified atom stereocenters. The summed E-state index contributed by atoms with van der Waals surface area (Å²) in [5.74, 6) is 0.580. The number of nitrogens with two attached hydrogens (primary N) is 1. The summed E-state index contributed by atoms with van der Waals surface area (Å²) in [7, 11) is 0. The van der Waals surface area contributed by atoms with Gasteiger partial charge in [-0.15, -0.1) is 0 Å². The molecule has 2 N–H and O–H groups in total. The maximum absolute atomic E-state index is 12.5. The number of likely N-dealkylation sites (tertiary alicyclic amines) is 2. The molecule has 9 heteroatoms. The molecule has 9 nitrogen and oxygen atoms in total. The molecule has 4 heterocycles. The number of anilines is 1. The maximum Gasteiger partial charge on any atom is 0.248 e. The third-order valence-corrected chi connectivity index (χ3v) is 5.84. The lowest BCUT2D eigenvalue weighted by molar-refractivity contribution is -0.135. The third-order valence-electron chi connectivity index (χ3n) is 5.84. The van der Waals surface area contributed by atoms with Crippen molar-refractivity contribution < 1.29 is 14.3 Å². The molecule has 2 fully saturated rings. The topological polar surface area (TPSA) is 115 Å². The second-order valence-corrected chi connectivity index (χ2v) is 8.11. The van der Waals surface area contributed by atoms with Crippen LogP contribution in [0.15, 0.2) is 24.5 Å². The predicted octanol–water partition coefficient (Wildman–Crippen LogP) is 1.38. The maximum atomic E-state index is 12.5. The predicted molar refractivity (Wildman–Crippen MR) is 115 cm³/mol. The zero-order valence-corrected chi connectivity index (χ0v) is 17.8. The van der Waals surface area contributed by atoms with Crippen LogP contribution in [0.5, 0.6) is 0 Å². The Balaban J connectivity index is 1.31. The van der Waals surface area contributed by atoms with Crippen LogP contribution in [0, 0.1) is 6.92 Å². The number of nitrogen functional groups attached to an aromatic ring is 1. The van der Waals surface area contributed by atoms with Gasteiger partial charge in [-0.2, -0.15) is 0 Å². The molecule has 2 amide bonds. The Hall–Kier alpha value is -3.07. The average molecular weight is 425 g/mol. The molecule has 31 heavy (non-hydrogen) atoms. The first-order valence-electron chi connectivity index (χ1n) is 10.7. The van der Waals surface area contributed by atoms with E-state index in [1.807, 2.05) is 24.0 Å². The molecule has 164 valence electrons. The van der Waals surface area contributed by atoms with E-state index >= 15 is 0 Å². The fourth-order valence-corrected chi connectivity index (χ4v) is 4.15. The van der Waals surface area contributed by atoms with Crippen LogP contribution in [0.4, 0.5) is 5.95 Å². The Labute approximate surface area is 181 Å². The van der Waals surface area contributed by atoms with Crippen molar-refractivity contribution in [3.63, 3.8) is 0 Å². The Bertz CT molecular complexity index is 949. The highest BCUT2D eigenvalue weighted by molar-refractivity contribution is 5.78. The van der Waals surface area contributed by atoms with Crippen molar-refractivity contribution in [2.24, 2.45) is 0 Å². The van der Waals surface area contributed by atoms with E-state index in [1.165, 1.54) is 0 Å². The Morgan fingerprint density at radius 1 is 1.23 bits per heavy atom. The number of pyridine rings is 1. The summed E-state index contributed by atoms with van der Waals surface area (Å²) in [4.78, 5) is 40.6. The minimum atomic E-state index is -0.0185. The highest BCUT2D eigenvalue weighted by Gasteiger charge is 2.28. The molecule has 4 rings (SSSR count). The third kappa shape index (κ3) is 5.16. The van der Waals surface area contributed by atoms with E-state index in [-0.39, 0.29) is 30.3 Å². The van der Waals surface area contributed by atoms with Crippen molar-refractivity contribution in [1.29, 1.82) is 0 Å². The summed E-state index contributed by atoms with van der Waals surface area (Å²) >= 11 is 0. The van der Waals surface area contributed by atoms with Gasteiger partial charge in [0.1, 0.15) is 6.61 Å². The molecule has 1 atom stereocenters. The van der Waals surface area contributed by atoms with Gasteiger partial charge in [-0.05, 0) is 37.5 Å². The van der Waals surface area contributed by atoms with Gasteiger partial charge in [-0.25, -0.2) is 9.97 Å². The molecule has 0 aromatic carbocycles. The SMILES string of the molecule is Cc1cc(-c2cnc(N)nc2)cc(C2CCN(C(=O)COCCN3CCCC3=O)C2)n1. The number of nitrogens with zero attached hydrogens (tertiary/aromatic N) is 5. The first-order chi connectivity index (χ1) is 15.0. The molecular formula is C22H28N6O3. The van der Waals surface area contributed by atoms with Crippen molar-refractivity contribution >= 4 is 17.8 Å². The quantitative estimate of drug-likeness (QED) is 0.668. The molecular weight excluding hydrogens is 396 g/mol. The fraction of sp³-hybridized carbons (Fsp3) is 0.500. The zero-order valence-electron chi connectivity index (χ0n) is 17.8. The molecule has 2 aliphatic heterocycles. The van der Waals surface area contributed by atoms with Crippen LogP contribution < -0.4 is 5.73 Å². The Morgan fingerprint density at radius 3 is 2.77 bits per heavy atom. The first kappa shape index (κ1) is 21.2. The monoisotopic (exact) mass is 424 g/mol. The van der Waals surface area contributed by atoms with Crippen molar-refractivity contribution in [1.82, 2.24) is 24.8 Å². The molecule has 0 saturated carbocycles. The molecule has 2 aromatic rings. The lowest BCUT2D eigenvalue weighted by atomic mass is 10.00. The van der Waals surface area contributed by atoms with Crippen LogP contribution in [-0.4, -0.2) is 76.0 Å². The smallest absolute Gasteiger partial charge is 0.248 e. The number of amides is 2. The van der Waals surface area contributed by atoms with Crippen molar-refractivity contribution in [2.75, 3.05) is 45.1 Å². The number of carbonyl (C=O) groups is 2. The van der Waals surface area contributed by atoms with E-state index in [0.29, 0.717) is 32.7 Å². The molecule has 2 saturated heterocycles. The van der Waals surface area contributed by atoms with Crippen LogP contribution in [0.25, 0.3) is 11.1 Å². The number of rotatable bonds is 7. The molecule has 0 bridgehead atoms. The van der Waals surface area contributed by atoms with Crippen LogP contribution >= 0.6 is 0 Å². The van der Waals surface area contributed by atoms with Crippen molar-refractivity contribution in [2.45, 2.75) is 32.1 Å². The summed E-state index contributed by atoms with van der Waals surface area (Å²) < 4.78 is 5.54. The summed E-state index contributed by atoms with van der Waals surface area (Å²) in [5, 5.41) is 0. The second kappa shape index (κ2) is 9.38. The molecule has 0 aliphatic carbocycles. The summed E-state index contributed by atoms with van der Waals surface area (Å²) in [5.41, 5.74) is 9.35. The summed E-state index contributed by atoms with van der Waals surface area (Å²) in [6.07, 6.45) is 5.81.